The van der Waals surface area contributed by atoms with Gasteiger partial charge in [0.25, 0.3) is 0 Å². The van der Waals surface area contributed by atoms with Crippen LogP contribution < -0.4 is 4.74 Å². The second-order valence-electron chi connectivity index (χ2n) is 4.69. The van der Waals surface area contributed by atoms with Crippen molar-refractivity contribution >= 4 is 22.5 Å². The number of rotatable bonds is 3. The molecule has 100 valence electrons. The molecule has 0 atom stereocenters. The molecule has 0 aliphatic heterocycles. The van der Waals surface area contributed by atoms with Crippen LogP contribution >= 0.6 is 11.6 Å². The summed E-state index contributed by atoms with van der Waals surface area (Å²) in [6.07, 6.45) is 1.81. The lowest BCUT2D eigenvalue weighted by atomic mass is 10.1. The SMILES string of the molecule is Cc1ccc(Cl)cc1OCc1ccnc2ccccc12. The summed E-state index contributed by atoms with van der Waals surface area (Å²) in [5, 5.41) is 1.81. The van der Waals surface area contributed by atoms with Gasteiger partial charge in [0.15, 0.2) is 0 Å². The van der Waals surface area contributed by atoms with E-state index in [1.54, 1.807) is 0 Å². The standard InChI is InChI=1S/C17H14ClNO/c1-12-6-7-14(18)10-17(12)20-11-13-8-9-19-16-5-3-2-4-15(13)16/h2-10H,11H2,1H3. The Bertz CT molecular complexity index is 750. The van der Waals surface area contributed by atoms with Crippen LogP contribution in [0.5, 0.6) is 5.75 Å². The Kier molecular flexibility index (Phi) is 3.57. The average molecular weight is 284 g/mol. The topological polar surface area (TPSA) is 22.1 Å². The number of ether oxygens (including phenoxy) is 1. The van der Waals surface area contributed by atoms with Crippen LogP contribution in [0, 0.1) is 6.92 Å². The van der Waals surface area contributed by atoms with Crippen LogP contribution in [0.1, 0.15) is 11.1 Å². The molecule has 2 nitrogen and oxygen atoms in total. The molecule has 3 rings (SSSR count). The zero-order valence-electron chi connectivity index (χ0n) is 11.1. The molecule has 0 fully saturated rings. The van der Waals surface area contributed by atoms with Gasteiger partial charge in [0.05, 0.1) is 5.52 Å². The number of halogens is 1. The molecule has 3 heteroatoms. The van der Waals surface area contributed by atoms with E-state index >= 15 is 0 Å². The second-order valence-corrected chi connectivity index (χ2v) is 5.12. The van der Waals surface area contributed by atoms with Crippen LogP contribution in [-0.2, 0) is 6.61 Å². The third-order valence-corrected chi connectivity index (χ3v) is 3.51. The molecule has 0 N–H and O–H groups in total. The normalized spacial score (nSPS) is 10.7. The highest BCUT2D eigenvalue weighted by molar-refractivity contribution is 6.30. The number of aromatic nitrogens is 1. The molecule has 2 aromatic carbocycles. The van der Waals surface area contributed by atoms with Gasteiger partial charge in [-0.15, -0.1) is 0 Å². The van der Waals surface area contributed by atoms with Gasteiger partial charge in [0, 0.05) is 22.2 Å². The van der Waals surface area contributed by atoms with Crippen molar-refractivity contribution in [2.45, 2.75) is 13.5 Å². The van der Waals surface area contributed by atoms with Crippen LogP contribution in [0.3, 0.4) is 0 Å². The van der Waals surface area contributed by atoms with Gasteiger partial charge >= 0.3 is 0 Å². The Morgan fingerprint density at radius 2 is 1.95 bits per heavy atom. The first-order valence-electron chi connectivity index (χ1n) is 6.45. The molecule has 1 heterocycles. The molecule has 0 saturated heterocycles. The lowest BCUT2D eigenvalue weighted by Gasteiger charge is -2.11. The largest absolute Gasteiger partial charge is 0.489 e. The zero-order chi connectivity index (χ0) is 13.9. The van der Waals surface area contributed by atoms with Gasteiger partial charge in [-0.3, -0.25) is 4.98 Å². The number of para-hydroxylation sites is 1. The van der Waals surface area contributed by atoms with Gasteiger partial charge in [0.1, 0.15) is 12.4 Å². The number of hydrogen-bond donors (Lipinski definition) is 0. The van der Waals surface area contributed by atoms with E-state index in [1.807, 2.05) is 55.6 Å². The minimum absolute atomic E-state index is 0.504. The summed E-state index contributed by atoms with van der Waals surface area (Å²) < 4.78 is 5.90. The number of aryl methyl sites for hydroxylation is 1. The van der Waals surface area contributed by atoms with Gasteiger partial charge in [-0.1, -0.05) is 35.9 Å². The van der Waals surface area contributed by atoms with E-state index in [0.29, 0.717) is 11.6 Å². The molecule has 0 amide bonds. The molecule has 0 aliphatic carbocycles. The molecule has 0 spiro atoms. The molecule has 0 radical (unpaired) electrons. The number of pyridine rings is 1. The molecule has 0 saturated carbocycles. The highest BCUT2D eigenvalue weighted by Gasteiger charge is 2.04. The average Bonchev–Trinajstić information content (AvgIpc) is 2.48. The monoisotopic (exact) mass is 283 g/mol. The molecular weight excluding hydrogens is 270 g/mol. The Hall–Kier alpha value is -2.06. The van der Waals surface area contributed by atoms with Gasteiger partial charge in [-0.05, 0) is 36.8 Å². The smallest absolute Gasteiger partial charge is 0.124 e. The maximum absolute atomic E-state index is 6.00. The summed E-state index contributed by atoms with van der Waals surface area (Å²) in [5.41, 5.74) is 3.18. The van der Waals surface area contributed by atoms with Crippen LogP contribution in [0.25, 0.3) is 10.9 Å². The summed E-state index contributed by atoms with van der Waals surface area (Å²) >= 11 is 6.00. The fourth-order valence-electron chi connectivity index (χ4n) is 2.17. The first-order chi connectivity index (χ1) is 9.74. The van der Waals surface area contributed by atoms with Crippen molar-refractivity contribution in [3.05, 3.63) is 70.9 Å². The first-order valence-corrected chi connectivity index (χ1v) is 6.83. The van der Waals surface area contributed by atoms with Crippen LogP contribution in [0.4, 0.5) is 0 Å². The van der Waals surface area contributed by atoms with Gasteiger partial charge in [-0.25, -0.2) is 0 Å². The molecule has 3 aromatic rings. The van der Waals surface area contributed by atoms with Crippen molar-refractivity contribution < 1.29 is 4.74 Å². The maximum Gasteiger partial charge on any atom is 0.124 e. The van der Waals surface area contributed by atoms with E-state index in [0.717, 1.165) is 27.8 Å². The highest BCUT2D eigenvalue weighted by atomic mass is 35.5. The van der Waals surface area contributed by atoms with E-state index < -0.39 is 0 Å². The summed E-state index contributed by atoms with van der Waals surface area (Å²) in [6.45, 7) is 2.51. The second kappa shape index (κ2) is 5.51. The van der Waals surface area contributed by atoms with Crippen molar-refractivity contribution in [3.8, 4) is 5.75 Å². The van der Waals surface area contributed by atoms with Gasteiger partial charge < -0.3 is 4.74 Å². The van der Waals surface area contributed by atoms with Crippen LogP contribution in [0.2, 0.25) is 5.02 Å². The fourth-order valence-corrected chi connectivity index (χ4v) is 2.33. The highest BCUT2D eigenvalue weighted by Crippen LogP contribution is 2.24. The zero-order valence-corrected chi connectivity index (χ0v) is 11.9. The lowest BCUT2D eigenvalue weighted by molar-refractivity contribution is 0.305. The van der Waals surface area contributed by atoms with Crippen molar-refractivity contribution in [2.75, 3.05) is 0 Å². The van der Waals surface area contributed by atoms with E-state index in [2.05, 4.69) is 11.1 Å². The Balaban J connectivity index is 1.89. The summed E-state index contributed by atoms with van der Waals surface area (Å²) in [4.78, 5) is 4.35. The van der Waals surface area contributed by atoms with Crippen molar-refractivity contribution in [2.24, 2.45) is 0 Å². The Labute approximate surface area is 123 Å². The fraction of sp³-hybridized carbons (Fsp3) is 0.118. The first kappa shape index (κ1) is 12.9. The Morgan fingerprint density at radius 3 is 2.85 bits per heavy atom. The van der Waals surface area contributed by atoms with Crippen LogP contribution in [0.15, 0.2) is 54.7 Å². The quantitative estimate of drug-likeness (QED) is 0.690. The van der Waals surface area contributed by atoms with Crippen LogP contribution in [-0.4, -0.2) is 4.98 Å². The predicted molar refractivity (Wildman–Crippen MR) is 82.3 cm³/mol. The van der Waals surface area contributed by atoms with E-state index in [-0.39, 0.29) is 0 Å². The van der Waals surface area contributed by atoms with Crippen molar-refractivity contribution in [1.82, 2.24) is 4.98 Å². The van der Waals surface area contributed by atoms with Gasteiger partial charge in [0.2, 0.25) is 0 Å². The number of fused-ring (bicyclic) bond motifs is 1. The molecule has 20 heavy (non-hydrogen) atoms. The van der Waals surface area contributed by atoms with E-state index in [1.165, 1.54) is 0 Å². The summed E-state index contributed by atoms with van der Waals surface area (Å²) in [6, 6.07) is 15.7. The summed E-state index contributed by atoms with van der Waals surface area (Å²) in [5.74, 6) is 0.818. The molecule has 0 aliphatic rings. The third-order valence-electron chi connectivity index (χ3n) is 3.27. The number of nitrogens with zero attached hydrogens (tertiary/aromatic N) is 1. The third kappa shape index (κ3) is 2.61. The molecule has 1 aromatic heterocycles. The number of hydrogen-bond acceptors (Lipinski definition) is 2. The van der Waals surface area contributed by atoms with Gasteiger partial charge in [-0.2, -0.15) is 0 Å². The van der Waals surface area contributed by atoms with Crippen molar-refractivity contribution in [3.63, 3.8) is 0 Å². The minimum atomic E-state index is 0.504. The lowest BCUT2D eigenvalue weighted by Crippen LogP contribution is -1.98. The predicted octanol–water partition coefficient (Wildman–Crippen LogP) is 4.78. The number of benzene rings is 2. The Morgan fingerprint density at radius 1 is 1.10 bits per heavy atom. The minimum Gasteiger partial charge on any atom is -0.489 e. The molecular formula is C17H14ClNO. The van der Waals surface area contributed by atoms with E-state index in [9.17, 15) is 0 Å². The maximum atomic E-state index is 6.00. The molecule has 0 bridgehead atoms. The summed E-state index contributed by atoms with van der Waals surface area (Å²) in [7, 11) is 0. The van der Waals surface area contributed by atoms with Crippen molar-refractivity contribution in [1.29, 1.82) is 0 Å². The van der Waals surface area contributed by atoms with E-state index in [4.69, 9.17) is 16.3 Å². The molecule has 0 unspecified atom stereocenters.